The van der Waals surface area contributed by atoms with Gasteiger partial charge in [0.15, 0.2) is 0 Å². The summed E-state index contributed by atoms with van der Waals surface area (Å²) < 4.78 is 30.7. The molecule has 3 unspecified atom stereocenters. The van der Waals surface area contributed by atoms with Crippen molar-refractivity contribution in [3.05, 3.63) is 24.2 Å². The normalized spacial score (nSPS) is 21.8. The molecule has 0 saturated carbocycles. The highest BCUT2D eigenvalue weighted by Gasteiger charge is 2.37. The number of nitrogens with zero attached hydrogens (tertiary/aromatic N) is 3. The smallest absolute Gasteiger partial charge is 0.241 e. The average molecular weight is 413 g/mol. The van der Waals surface area contributed by atoms with Crippen molar-refractivity contribution in [3.63, 3.8) is 0 Å². The summed E-state index contributed by atoms with van der Waals surface area (Å²) in [5, 5.41) is 9.81. The van der Waals surface area contributed by atoms with Gasteiger partial charge < -0.3 is 14.6 Å². The molecule has 1 aliphatic rings. The maximum Gasteiger partial charge on any atom is 0.241 e. The van der Waals surface area contributed by atoms with Crippen LogP contribution in [0.5, 0.6) is 0 Å². The number of sulfone groups is 1. The number of piperidine rings is 1. The number of amides is 1. The molecule has 0 spiro atoms. The number of hydrogen-bond acceptors (Lipinski definition) is 8. The third kappa shape index (κ3) is 4.49. The van der Waals surface area contributed by atoms with E-state index in [2.05, 4.69) is 29.4 Å². The van der Waals surface area contributed by atoms with Crippen LogP contribution in [-0.4, -0.2) is 47.8 Å². The lowest BCUT2D eigenvalue weighted by molar-refractivity contribution is -0.133. The fraction of sp³-hybridized carbons (Fsp3) is 0.588. The van der Waals surface area contributed by atoms with Gasteiger partial charge in [-0.05, 0) is 37.3 Å². The molecule has 3 atom stereocenters. The van der Waals surface area contributed by atoms with Gasteiger partial charge in [-0.3, -0.25) is 4.79 Å². The number of rotatable bonds is 6. The molecule has 148 valence electrons. The van der Waals surface area contributed by atoms with Gasteiger partial charge in [-0.25, -0.2) is 8.42 Å². The van der Waals surface area contributed by atoms with Crippen molar-refractivity contribution in [2.45, 2.75) is 43.3 Å². The van der Waals surface area contributed by atoms with Crippen molar-refractivity contribution in [1.29, 1.82) is 0 Å². The Morgan fingerprint density at radius 2 is 2.07 bits per heavy atom. The number of nitrogens with one attached hydrogen (secondary N) is 1. The van der Waals surface area contributed by atoms with Crippen molar-refractivity contribution < 1.29 is 17.6 Å². The summed E-state index contributed by atoms with van der Waals surface area (Å²) in [4.78, 5) is 14.4. The van der Waals surface area contributed by atoms with Gasteiger partial charge >= 0.3 is 0 Å². The van der Waals surface area contributed by atoms with Crippen LogP contribution in [-0.2, 0) is 21.2 Å². The van der Waals surface area contributed by atoms with Crippen molar-refractivity contribution in [3.8, 4) is 0 Å². The molecular formula is C17H24N4O4S2. The Kier molecular flexibility index (Phi) is 5.85. The van der Waals surface area contributed by atoms with Crippen molar-refractivity contribution in [2.24, 2.45) is 11.8 Å². The van der Waals surface area contributed by atoms with E-state index in [4.69, 9.17) is 4.42 Å². The number of aromatic nitrogens is 2. The Hall–Kier alpha value is -1.94. The highest BCUT2D eigenvalue weighted by molar-refractivity contribution is 7.94. The zero-order valence-corrected chi connectivity index (χ0v) is 17.2. The highest BCUT2D eigenvalue weighted by Crippen LogP contribution is 2.27. The SMILES string of the molecule is CC1CC(C)CN(C(=O)C(C)S(=O)(=O)c2nnc(NCc3ccco3)s2)C1. The molecule has 1 amide bonds. The lowest BCUT2D eigenvalue weighted by atomic mass is 9.92. The molecule has 8 nitrogen and oxygen atoms in total. The summed E-state index contributed by atoms with van der Waals surface area (Å²) in [6, 6.07) is 3.57. The van der Waals surface area contributed by atoms with Crippen LogP contribution < -0.4 is 5.32 Å². The molecule has 10 heteroatoms. The maximum absolute atomic E-state index is 12.8. The molecule has 1 N–H and O–H groups in total. The Morgan fingerprint density at radius 3 is 2.70 bits per heavy atom. The fourth-order valence-electron chi connectivity index (χ4n) is 3.36. The summed E-state index contributed by atoms with van der Waals surface area (Å²) in [5.74, 6) is 1.07. The first kappa shape index (κ1) is 19.8. The number of anilines is 1. The van der Waals surface area contributed by atoms with Crippen LogP contribution in [0.2, 0.25) is 0 Å². The summed E-state index contributed by atoms with van der Waals surface area (Å²) in [5.41, 5.74) is 0. The maximum atomic E-state index is 12.8. The molecule has 0 aromatic carbocycles. The molecule has 2 aromatic heterocycles. The predicted molar refractivity (Wildman–Crippen MR) is 102 cm³/mol. The highest BCUT2D eigenvalue weighted by atomic mass is 32.2. The molecule has 1 fully saturated rings. The second-order valence-corrected chi connectivity index (χ2v) is 10.6. The molecular weight excluding hydrogens is 388 g/mol. The lowest BCUT2D eigenvalue weighted by Crippen LogP contribution is -2.48. The van der Waals surface area contributed by atoms with Crippen LogP contribution in [0, 0.1) is 11.8 Å². The van der Waals surface area contributed by atoms with Crippen LogP contribution in [0.4, 0.5) is 5.13 Å². The third-order valence-electron chi connectivity index (χ3n) is 4.64. The van der Waals surface area contributed by atoms with E-state index in [-0.39, 0.29) is 10.2 Å². The lowest BCUT2D eigenvalue weighted by Gasteiger charge is -2.36. The predicted octanol–water partition coefficient (Wildman–Crippen LogP) is 2.41. The van der Waals surface area contributed by atoms with Gasteiger partial charge in [0.25, 0.3) is 0 Å². The fourth-order valence-corrected chi connectivity index (χ4v) is 5.84. The Morgan fingerprint density at radius 1 is 1.37 bits per heavy atom. The van der Waals surface area contributed by atoms with Gasteiger partial charge in [-0.2, -0.15) is 0 Å². The molecule has 2 aromatic rings. The van der Waals surface area contributed by atoms with E-state index in [1.807, 2.05) is 0 Å². The first-order valence-electron chi connectivity index (χ1n) is 8.89. The number of hydrogen-bond donors (Lipinski definition) is 1. The molecule has 0 bridgehead atoms. The summed E-state index contributed by atoms with van der Waals surface area (Å²) in [6.45, 7) is 7.15. The monoisotopic (exact) mass is 412 g/mol. The summed E-state index contributed by atoms with van der Waals surface area (Å²) >= 11 is 0.921. The molecule has 0 aliphatic carbocycles. The molecule has 3 rings (SSSR count). The molecule has 0 radical (unpaired) electrons. The van der Waals surface area contributed by atoms with Gasteiger partial charge in [-0.15, -0.1) is 10.2 Å². The zero-order chi connectivity index (χ0) is 19.6. The number of carbonyl (C=O) groups is 1. The number of carbonyl (C=O) groups excluding carboxylic acids is 1. The molecule has 3 heterocycles. The van der Waals surface area contributed by atoms with Crippen LogP contribution >= 0.6 is 11.3 Å². The van der Waals surface area contributed by atoms with Crippen LogP contribution in [0.25, 0.3) is 0 Å². The first-order valence-corrected chi connectivity index (χ1v) is 11.3. The molecule has 27 heavy (non-hydrogen) atoms. The quantitative estimate of drug-likeness (QED) is 0.776. The van der Waals surface area contributed by atoms with E-state index in [0.717, 1.165) is 17.8 Å². The second-order valence-electron chi connectivity index (χ2n) is 7.18. The first-order chi connectivity index (χ1) is 12.8. The van der Waals surface area contributed by atoms with Crippen molar-refractivity contribution in [1.82, 2.24) is 15.1 Å². The largest absolute Gasteiger partial charge is 0.467 e. The summed E-state index contributed by atoms with van der Waals surface area (Å²) in [7, 11) is -3.88. The Labute approximate surface area is 162 Å². The topological polar surface area (TPSA) is 105 Å². The standard InChI is InChI=1S/C17H24N4O4S2/c1-11-7-12(2)10-21(9-11)15(22)13(3)27(23,24)17-20-19-16(26-17)18-8-14-5-4-6-25-14/h4-6,11-13H,7-10H2,1-3H3,(H,18,19). The van der Waals surface area contributed by atoms with Gasteiger partial charge in [0.2, 0.25) is 25.2 Å². The van der Waals surface area contributed by atoms with Crippen LogP contribution in [0.1, 0.15) is 33.0 Å². The van der Waals surface area contributed by atoms with E-state index in [9.17, 15) is 13.2 Å². The van der Waals surface area contributed by atoms with E-state index in [1.54, 1.807) is 23.3 Å². The van der Waals surface area contributed by atoms with Gasteiger partial charge in [0.1, 0.15) is 11.0 Å². The zero-order valence-electron chi connectivity index (χ0n) is 15.6. The minimum atomic E-state index is -3.88. The Balaban J connectivity index is 1.68. The van der Waals surface area contributed by atoms with Gasteiger partial charge in [-0.1, -0.05) is 25.2 Å². The van der Waals surface area contributed by atoms with Crippen LogP contribution in [0.15, 0.2) is 27.2 Å². The minimum Gasteiger partial charge on any atom is -0.467 e. The second kappa shape index (κ2) is 7.97. The number of likely N-dealkylation sites (tertiary alicyclic amines) is 1. The van der Waals surface area contributed by atoms with Crippen molar-refractivity contribution >= 4 is 32.2 Å². The van der Waals surface area contributed by atoms with Gasteiger partial charge in [0, 0.05) is 13.1 Å². The van der Waals surface area contributed by atoms with E-state index in [1.165, 1.54) is 6.92 Å². The Bertz CT molecular complexity index is 869. The van der Waals surface area contributed by atoms with E-state index >= 15 is 0 Å². The summed E-state index contributed by atoms with van der Waals surface area (Å²) in [6.07, 6.45) is 2.61. The molecule has 1 saturated heterocycles. The van der Waals surface area contributed by atoms with Gasteiger partial charge in [0.05, 0.1) is 12.8 Å². The van der Waals surface area contributed by atoms with Crippen molar-refractivity contribution in [2.75, 3.05) is 18.4 Å². The minimum absolute atomic E-state index is 0.150. The van der Waals surface area contributed by atoms with Crippen LogP contribution in [0.3, 0.4) is 0 Å². The molecule has 1 aliphatic heterocycles. The van der Waals surface area contributed by atoms with E-state index in [0.29, 0.717) is 42.4 Å². The third-order valence-corrected chi connectivity index (χ3v) is 7.96. The van der Waals surface area contributed by atoms with E-state index < -0.39 is 15.1 Å². The average Bonchev–Trinajstić information content (AvgIpc) is 3.29. The number of furan rings is 1.